The number of rotatable bonds is 3. The molecule has 17 heavy (non-hydrogen) atoms. The van der Waals surface area contributed by atoms with Crippen molar-refractivity contribution in [2.75, 3.05) is 11.9 Å². The van der Waals surface area contributed by atoms with Crippen molar-refractivity contribution in [1.29, 1.82) is 0 Å². The van der Waals surface area contributed by atoms with Gasteiger partial charge in [0.05, 0.1) is 0 Å². The third kappa shape index (κ3) is 5.22. The summed E-state index contributed by atoms with van der Waals surface area (Å²) < 4.78 is 6.22. The summed E-state index contributed by atoms with van der Waals surface area (Å²) in [6.07, 6.45) is 0. The van der Waals surface area contributed by atoms with Crippen LogP contribution in [0.4, 0.5) is 5.69 Å². The van der Waals surface area contributed by atoms with Gasteiger partial charge in [-0.25, -0.2) is 0 Å². The Balaban J connectivity index is 2.50. The van der Waals surface area contributed by atoms with Gasteiger partial charge < -0.3 is 10.1 Å². The number of benzene rings is 1. The number of carbonyl (C=O) groups is 1. The second kappa shape index (κ2) is 5.54. The lowest BCUT2D eigenvalue weighted by Crippen LogP contribution is -2.28. The van der Waals surface area contributed by atoms with Gasteiger partial charge in [0, 0.05) is 10.2 Å². The van der Waals surface area contributed by atoms with Crippen molar-refractivity contribution in [3.05, 3.63) is 28.2 Å². The van der Waals surface area contributed by atoms with Crippen LogP contribution in [0.1, 0.15) is 26.3 Å². The van der Waals surface area contributed by atoms with Crippen molar-refractivity contribution in [3.63, 3.8) is 0 Å². The number of hydrogen-bond acceptors (Lipinski definition) is 3. The van der Waals surface area contributed by atoms with E-state index in [1.165, 1.54) is 0 Å². The largest absolute Gasteiger partial charge is 0.459 e. The summed E-state index contributed by atoms with van der Waals surface area (Å²) in [4.78, 5) is 11.5. The molecular weight excluding hydrogens is 282 g/mol. The highest BCUT2D eigenvalue weighted by atomic mass is 79.9. The van der Waals surface area contributed by atoms with Gasteiger partial charge in [-0.05, 0) is 45.4 Å². The van der Waals surface area contributed by atoms with Crippen LogP contribution in [0.15, 0.2) is 22.7 Å². The number of anilines is 1. The molecule has 0 bridgehead atoms. The molecule has 1 rings (SSSR count). The van der Waals surface area contributed by atoms with Crippen LogP contribution in [-0.2, 0) is 9.53 Å². The number of nitrogens with one attached hydrogen (secondary N) is 1. The second-order valence-corrected chi connectivity index (χ2v) is 5.76. The van der Waals surface area contributed by atoms with Crippen molar-refractivity contribution < 1.29 is 9.53 Å². The third-order valence-electron chi connectivity index (χ3n) is 2.03. The Bertz CT molecular complexity index is 410. The van der Waals surface area contributed by atoms with Gasteiger partial charge in [0.25, 0.3) is 0 Å². The predicted octanol–water partition coefficient (Wildman–Crippen LogP) is 3.51. The van der Waals surface area contributed by atoms with Crippen LogP contribution < -0.4 is 5.32 Å². The lowest BCUT2D eigenvalue weighted by Gasteiger charge is -2.19. The number of ether oxygens (including phenoxy) is 1. The Hall–Kier alpha value is -1.03. The summed E-state index contributed by atoms with van der Waals surface area (Å²) >= 11 is 3.45. The molecule has 1 aromatic rings. The summed E-state index contributed by atoms with van der Waals surface area (Å²) in [6.45, 7) is 7.75. The molecule has 0 aromatic heterocycles. The maximum absolute atomic E-state index is 11.5. The van der Waals surface area contributed by atoms with Crippen molar-refractivity contribution >= 4 is 27.6 Å². The Morgan fingerprint density at radius 3 is 2.59 bits per heavy atom. The first-order chi connectivity index (χ1) is 7.78. The van der Waals surface area contributed by atoms with Crippen molar-refractivity contribution in [3.8, 4) is 0 Å². The van der Waals surface area contributed by atoms with Gasteiger partial charge >= 0.3 is 5.97 Å². The molecule has 0 radical (unpaired) electrons. The number of hydrogen-bond donors (Lipinski definition) is 1. The van der Waals surface area contributed by atoms with E-state index in [2.05, 4.69) is 21.2 Å². The zero-order valence-corrected chi connectivity index (χ0v) is 12.2. The average molecular weight is 300 g/mol. The van der Waals surface area contributed by atoms with Crippen LogP contribution in [0, 0.1) is 6.92 Å². The lowest BCUT2D eigenvalue weighted by atomic mass is 10.2. The van der Waals surface area contributed by atoms with Gasteiger partial charge in [-0.15, -0.1) is 0 Å². The highest BCUT2D eigenvalue weighted by Gasteiger charge is 2.15. The number of esters is 1. The summed E-state index contributed by atoms with van der Waals surface area (Å²) in [6, 6.07) is 5.87. The molecule has 0 aliphatic heterocycles. The minimum absolute atomic E-state index is 0.173. The van der Waals surface area contributed by atoms with Crippen LogP contribution in [0.5, 0.6) is 0 Å². The van der Waals surface area contributed by atoms with Gasteiger partial charge in [-0.2, -0.15) is 0 Å². The van der Waals surface area contributed by atoms with E-state index in [0.29, 0.717) is 0 Å². The topological polar surface area (TPSA) is 38.3 Å². The van der Waals surface area contributed by atoms with Gasteiger partial charge in [0.15, 0.2) is 0 Å². The summed E-state index contributed by atoms with van der Waals surface area (Å²) in [5.41, 5.74) is 1.62. The van der Waals surface area contributed by atoms with Crippen LogP contribution in [0.3, 0.4) is 0 Å². The molecule has 94 valence electrons. The number of aryl methyl sites for hydroxylation is 1. The van der Waals surface area contributed by atoms with E-state index in [1.807, 2.05) is 45.9 Å². The Kier molecular flexibility index (Phi) is 4.57. The smallest absolute Gasteiger partial charge is 0.325 e. The normalized spacial score (nSPS) is 11.1. The Labute approximate surface area is 111 Å². The minimum atomic E-state index is -0.438. The second-order valence-electron chi connectivity index (χ2n) is 4.90. The van der Waals surface area contributed by atoms with Crippen LogP contribution >= 0.6 is 15.9 Å². The molecule has 0 amide bonds. The van der Waals surface area contributed by atoms with E-state index in [9.17, 15) is 4.79 Å². The highest BCUT2D eigenvalue weighted by molar-refractivity contribution is 9.10. The maximum Gasteiger partial charge on any atom is 0.325 e. The van der Waals surface area contributed by atoms with E-state index in [4.69, 9.17) is 4.74 Å². The lowest BCUT2D eigenvalue weighted by molar-refractivity contribution is -0.152. The summed E-state index contributed by atoms with van der Waals surface area (Å²) in [5, 5.41) is 3.03. The molecule has 0 saturated carbocycles. The molecule has 3 nitrogen and oxygen atoms in total. The molecule has 0 atom stereocenters. The molecule has 0 aliphatic rings. The Morgan fingerprint density at radius 1 is 1.41 bits per heavy atom. The first-order valence-corrected chi connectivity index (χ1v) is 6.29. The number of carbonyl (C=O) groups excluding carboxylic acids is 1. The van der Waals surface area contributed by atoms with Crippen molar-refractivity contribution in [1.82, 2.24) is 0 Å². The molecule has 4 heteroatoms. The average Bonchev–Trinajstić information content (AvgIpc) is 2.17. The molecule has 0 fully saturated rings. The first-order valence-electron chi connectivity index (χ1n) is 5.50. The molecule has 0 spiro atoms. The van der Waals surface area contributed by atoms with Gasteiger partial charge in [0.1, 0.15) is 12.1 Å². The fourth-order valence-corrected chi connectivity index (χ4v) is 1.63. The van der Waals surface area contributed by atoms with Crippen LogP contribution in [0.25, 0.3) is 0 Å². The zero-order valence-electron chi connectivity index (χ0n) is 10.6. The van der Waals surface area contributed by atoms with E-state index >= 15 is 0 Å². The third-order valence-corrected chi connectivity index (χ3v) is 2.88. The molecule has 1 aromatic carbocycles. The van der Waals surface area contributed by atoms with Gasteiger partial charge in [0.2, 0.25) is 0 Å². The fraction of sp³-hybridized carbons (Fsp3) is 0.462. The van der Waals surface area contributed by atoms with E-state index in [1.54, 1.807) is 0 Å². The molecule has 0 aliphatic carbocycles. The Morgan fingerprint density at radius 2 is 2.06 bits per heavy atom. The first kappa shape index (κ1) is 14.0. The maximum atomic E-state index is 11.5. The number of halogens is 1. The SMILES string of the molecule is Cc1ccc(NCC(=O)OC(C)(C)C)cc1Br. The van der Waals surface area contributed by atoms with E-state index in [0.717, 1.165) is 15.7 Å². The van der Waals surface area contributed by atoms with E-state index < -0.39 is 5.60 Å². The van der Waals surface area contributed by atoms with Gasteiger partial charge in [-0.3, -0.25) is 4.79 Å². The van der Waals surface area contributed by atoms with E-state index in [-0.39, 0.29) is 12.5 Å². The summed E-state index contributed by atoms with van der Waals surface area (Å²) in [5.74, 6) is -0.255. The molecule has 1 N–H and O–H groups in total. The zero-order chi connectivity index (χ0) is 13.1. The minimum Gasteiger partial charge on any atom is -0.459 e. The molecular formula is C13H18BrNO2. The molecule has 0 unspecified atom stereocenters. The quantitative estimate of drug-likeness (QED) is 0.868. The summed E-state index contributed by atoms with van der Waals surface area (Å²) in [7, 11) is 0. The molecule has 0 saturated heterocycles. The van der Waals surface area contributed by atoms with Crippen molar-refractivity contribution in [2.45, 2.75) is 33.3 Å². The van der Waals surface area contributed by atoms with Crippen LogP contribution in [0.2, 0.25) is 0 Å². The van der Waals surface area contributed by atoms with Crippen molar-refractivity contribution in [2.24, 2.45) is 0 Å². The van der Waals surface area contributed by atoms with Gasteiger partial charge in [-0.1, -0.05) is 22.0 Å². The highest BCUT2D eigenvalue weighted by Crippen LogP contribution is 2.20. The fourth-order valence-electron chi connectivity index (χ4n) is 1.25. The monoisotopic (exact) mass is 299 g/mol. The standard InChI is InChI=1S/C13H18BrNO2/c1-9-5-6-10(7-11(9)14)15-8-12(16)17-13(2,3)4/h5-7,15H,8H2,1-4H3. The van der Waals surface area contributed by atoms with Crippen LogP contribution in [-0.4, -0.2) is 18.1 Å². The molecule has 0 heterocycles. The predicted molar refractivity (Wildman–Crippen MR) is 73.2 cm³/mol.